The number of amides is 1. The van der Waals surface area contributed by atoms with Crippen molar-refractivity contribution in [3.8, 4) is 0 Å². The van der Waals surface area contributed by atoms with Crippen molar-refractivity contribution >= 4 is 38.9 Å². The van der Waals surface area contributed by atoms with Gasteiger partial charge in [-0.2, -0.15) is 10.2 Å². The van der Waals surface area contributed by atoms with Gasteiger partial charge in [0.1, 0.15) is 5.69 Å². The van der Waals surface area contributed by atoms with Crippen molar-refractivity contribution < 1.29 is 4.79 Å². The SMILES string of the molecule is CCC(=NNC(=O)c1[nH]ncc1Br)c1cccs1. The Morgan fingerprint density at radius 3 is 3.06 bits per heavy atom. The fourth-order valence-corrected chi connectivity index (χ4v) is 2.51. The van der Waals surface area contributed by atoms with E-state index in [0.29, 0.717) is 10.2 Å². The number of nitrogens with zero attached hydrogens (tertiary/aromatic N) is 2. The Bertz CT molecular complexity index is 561. The molecule has 18 heavy (non-hydrogen) atoms. The van der Waals surface area contributed by atoms with E-state index in [1.807, 2.05) is 24.4 Å². The third-order valence-electron chi connectivity index (χ3n) is 2.25. The number of hydrazone groups is 1. The summed E-state index contributed by atoms with van der Waals surface area (Å²) in [5.74, 6) is -0.318. The molecule has 0 atom stereocenters. The predicted molar refractivity (Wildman–Crippen MR) is 74.9 cm³/mol. The molecule has 0 fully saturated rings. The quantitative estimate of drug-likeness (QED) is 0.670. The van der Waals surface area contributed by atoms with Crippen LogP contribution in [0.5, 0.6) is 0 Å². The summed E-state index contributed by atoms with van der Waals surface area (Å²) in [6, 6.07) is 3.93. The second-order valence-corrected chi connectivity index (χ2v) is 5.23. The van der Waals surface area contributed by atoms with Crippen LogP contribution in [-0.4, -0.2) is 21.8 Å². The lowest BCUT2D eigenvalue weighted by atomic mass is 10.2. The van der Waals surface area contributed by atoms with E-state index < -0.39 is 0 Å². The molecule has 2 rings (SSSR count). The smallest absolute Gasteiger partial charge is 0.272 e. The van der Waals surface area contributed by atoms with Crippen molar-refractivity contribution in [2.75, 3.05) is 0 Å². The van der Waals surface area contributed by atoms with Crippen molar-refractivity contribution in [2.24, 2.45) is 5.10 Å². The first-order valence-corrected chi connectivity index (χ1v) is 6.99. The Balaban J connectivity index is 2.10. The molecule has 0 aliphatic heterocycles. The molecule has 94 valence electrons. The largest absolute Gasteiger partial charge is 0.290 e. The normalized spacial score (nSPS) is 11.6. The average molecular weight is 327 g/mol. The van der Waals surface area contributed by atoms with Gasteiger partial charge in [-0.25, -0.2) is 5.43 Å². The number of aromatic amines is 1. The first kappa shape index (κ1) is 13.0. The highest BCUT2D eigenvalue weighted by Gasteiger charge is 2.11. The second-order valence-electron chi connectivity index (χ2n) is 3.42. The summed E-state index contributed by atoms with van der Waals surface area (Å²) in [7, 11) is 0. The lowest BCUT2D eigenvalue weighted by molar-refractivity contribution is 0.0949. The fourth-order valence-electron chi connectivity index (χ4n) is 1.36. The Hall–Kier alpha value is -1.47. The maximum absolute atomic E-state index is 11.8. The number of carbonyl (C=O) groups excluding carboxylic acids is 1. The van der Waals surface area contributed by atoms with E-state index in [2.05, 4.69) is 36.7 Å². The minimum Gasteiger partial charge on any atom is -0.272 e. The highest BCUT2D eigenvalue weighted by atomic mass is 79.9. The van der Waals surface area contributed by atoms with Crippen LogP contribution < -0.4 is 5.43 Å². The molecule has 5 nitrogen and oxygen atoms in total. The topological polar surface area (TPSA) is 70.1 Å². The van der Waals surface area contributed by atoms with Crippen LogP contribution in [0.25, 0.3) is 0 Å². The lowest BCUT2D eigenvalue weighted by Crippen LogP contribution is -2.20. The van der Waals surface area contributed by atoms with Crippen LogP contribution in [0.2, 0.25) is 0 Å². The van der Waals surface area contributed by atoms with Crippen molar-refractivity contribution in [3.05, 3.63) is 38.8 Å². The molecule has 0 unspecified atom stereocenters. The maximum atomic E-state index is 11.8. The van der Waals surface area contributed by atoms with E-state index >= 15 is 0 Å². The molecule has 2 heterocycles. The summed E-state index contributed by atoms with van der Waals surface area (Å²) in [5.41, 5.74) is 3.74. The highest BCUT2D eigenvalue weighted by molar-refractivity contribution is 9.10. The number of thiophene rings is 1. The molecule has 0 radical (unpaired) electrons. The Labute approximate surface area is 116 Å². The van der Waals surface area contributed by atoms with Crippen LogP contribution in [0.15, 0.2) is 33.3 Å². The van der Waals surface area contributed by atoms with Crippen molar-refractivity contribution in [1.82, 2.24) is 15.6 Å². The third-order valence-corrected chi connectivity index (χ3v) is 3.77. The standard InChI is InChI=1S/C11H11BrN4OS/c1-2-8(9-4-3-5-18-9)14-16-11(17)10-7(12)6-13-15-10/h3-6H,2H2,1H3,(H,13,15)(H,16,17). The van der Waals surface area contributed by atoms with Gasteiger partial charge in [0.15, 0.2) is 0 Å². The minimum absolute atomic E-state index is 0.318. The second kappa shape index (κ2) is 5.92. The Morgan fingerprint density at radius 1 is 1.67 bits per heavy atom. The highest BCUT2D eigenvalue weighted by Crippen LogP contribution is 2.13. The molecule has 2 aromatic rings. The van der Waals surface area contributed by atoms with Gasteiger partial charge in [-0.1, -0.05) is 13.0 Å². The van der Waals surface area contributed by atoms with Crippen molar-refractivity contribution in [3.63, 3.8) is 0 Å². The molecule has 2 aromatic heterocycles. The van der Waals surface area contributed by atoms with Gasteiger partial charge in [-0.15, -0.1) is 11.3 Å². The van der Waals surface area contributed by atoms with Gasteiger partial charge in [-0.05, 0) is 33.8 Å². The van der Waals surface area contributed by atoms with E-state index in [1.165, 1.54) is 6.20 Å². The third kappa shape index (κ3) is 2.85. The van der Waals surface area contributed by atoms with Crippen LogP contribution >= 0.6 is 27.3 Å². The number of carbonyl (C=O) groups is 1. The van der Waals surface area contributed by atoms with Gasteiger partial charge in [-0.3, -0.25) is 9.89 Å². The summed E-state index contributed by atoms with van der Waals surface area (Å²) in [6.45, 7) is 2.00. The average Bonchev–Trinajstić information content (AvgIpc) is 3.01. The van der Waals surface area contributed by atoms with E-state index in [-0.39, 0.29) is 5.91 Å². The first-order valence-electron chi connectivity index (χ1n) is 5.32. The number of hydrogen-bond acceptors (Lipinski definition) is 4. The van der Waals surface area contributed by atoms with Crippen LogP contribution in [0, 0.1) is 0 Å². The molecule has 0 spiro atoms. The number of halogens is 1. The summed E-state index contributed by atoms with van der Waals surface area (Å²) in [5, 5.41) is 12.5. The van der Waals surface area contributed by atoms with E-state index in [9.17, 15) is 4.79 Å². The summed E-state index contributed by atoms with van der Waals surface area (Å²) in [6.07, 6.45) is 2.28. The number of rotatable bonds is 4. The summed E-state index contributed by atoms with van der Waals surface area (Å²) >= 11 is 4.83. The minimum atomic E-state index is -0.318. The number of nitrogens with one attached hydrogen (secondary N) is 2. The molecule has 0 aliphatic carbocycles. The van der Waals surface area contributed by atoms with E-state index in [1.54, 1.807) is 11.3 Å². The molecule has 1 amide bonds. The molecule has 0 saturated heterocycles. The molecular weight excluding hydrogens is 316 g/mol. The van der Waals surface area contributed by atoms with Crippen molar-refractivity contribution in [1.29, 1.82) is 0 Å². The molecule has 0 saturated carbocycles. The van der Waals surface area contributed by atoms with Crippen LogP contribution in [0.1, 0.15) is 28.7 Å². The van der Waals surface area contributed by atoms with Gasteiger partial charge >= 0.3 is 0 Å². The number of hydrogen-bond donors (Lipinski definition) is 2. The number of H-pyrrole nitrogens is 1. The summed E-state index contributed by atoms with van der Waals surface area (Å²) in [4.78, 5) is 12.9. The van der Waals surface area contributed by atoms with Gasteiger partial charge in [0.2, 0.25) is 0 Å². The molecule has 0 aromatic carbocycles. The number of aromatic nitrogens is 2. The molecular formula is C11H11BrN4OS. The zero-order valence-corrected chi connectivity index (χ0v) is 12.0. The van der Waals surface area contributed by atoms with Crippen molar-refractivity contribution in [2.45, 2.75) is 13.3 Å². The van der Waals surface area contributed by atoms with Crippen LogP contribution in [-0.2, 0) is 0 Å². The van der Waals surface area contributed by atoms with Gasteiger partial charge in [0, 0.05) is 0 Å². The van der Waals surface area contributed by atoms with E-state index in [4.69, 9.17) is 0 Å². The zero-order chi connectivity index (χ0) is 13.0. The first-order chi connectivity index (χ1) is 8.72. The van der Waals surface area contributed by atoms with Crippen LogP contribution in [0.3, 0.4) is 0 Å². The van der Waals surface area contributed by atoms with Gasteiger partial charge in [0.25, 0.3) is 5.91 Å². The van der Waals surface area contributed by atoms with Gasteiger partial charge < -0.3 is 0 Å². The summed E-state index contributed by atoms with van der Waals surface area (Å²) < 4.78 is 0.615. The van der Waals surface area contributed by atoms with Crippen LogP contribution in [0.4, 0.5) is 0 Å². The Kier molecular flexibility index (Phi) is 4.27. The molecule has 7 heteroatoms. The predicted octanol–water partition coefficient (Wildman–Crippen LogP) is 2.78. The van der Waals surface area contributed by atoms with Gasteiger partial charge in [0.05, 0.1) is 21.3 Å². The molecule has 2 N–H and O–H groups in total. The Morgan fingerprint density at radius 2 is 2.50 bits per heavy atom. The molecule has 0 aliphatic rings. The monoisotopic (exact) mass is 326 g/mol. The maximum Gasteiger partial charge on any atom is 0.290 e. The lowest BCUT2D eigenvalue weighted by Gasteiger charge is -2.02. The van der Waals surface area contributed by atoms with E-state index in [0.717, 1.165) is 17.0 Å². The zero-order valence-electron chi connectivity index (χ0n) is 9.61. The fraction of sp³-hybridized carbons (Fsp3) is 0.182. The molecule has 0 bridgehead atoms.